The Morgan fingerprint density at radius 2 is 1.59 bits per heavy atom. The number of aryl methyl sites for hydroxylation is 2. The summed E-state index contributed by atoms with van der Waals surface area (Å²) < 4.78 is 4.77. The van der Waals surface area contributed by atoms with Crippen LogP contribution in [0, 0.1) is 11.8 Å². The molecule has 0 spiro atoms. The number of imidazole rings is 2. The van der Waals surface area contributed by atoms with Crippen molar-refractivity contribution in [1.29, 1.82) is 0 Å². The van der Waals surface area contributed by atoms with Gasteiger partial charge < -0.3 is 29.8 Å². The SMILES string of the molecule is COC(=O)NC(C(=O)N1CCCC1c1ncc(-c2ccc3c(c2)CCc2cc(-c4cnc(C5C6CCC(C6)N5C=O)[nH]4)ccc2-3)[nH]1)C(C)C. The zero-order valence-corrected chi connectivity index (χ0v) is 28.2. The first-order valence-electron chi connectivity index (χ1n) is 17.6. The minimum atomic E-state index is -0.666. The first-order valence-corrected chi connectivity index (χ1v) is 17.6. The summed E-state index contributed by atoms with van der Waals surface area (Å²) in [5, 5.41) is 2.71. The van der Waals surface area contributed by atoms with Crippen LogP contribution in [0.15, 0.2) is 48.8 Å². The monoisotopic (exact) mass is 661 g/mol. The van der Waals surface area contributed by atoms with Crippen LogP contribution < -0.4 is 5.32 Å². The number of ether oxygens (including phenoxy) is 1. The van der Waals surface area contributed by atoms with E-state index in [0.29, 0.717) is 18.5 Å². The quantitative estimate of drug-likeness (QED) is 0.200. The van der Waals surface area contributed by atoms with Crippen molar-refractivity contribution in [3.05, 3.63) is 71.6 Å². The molecule has 11 nitrogen and oxygen atoms in total. The maximum absolute atomic E-state index is 13.6. The second-order valence-corrected chi connectivity index (χ2v) is 14.4. The zero-order valence-electron chi connectivity index (χ0n) is 28.2. The molecule has 5 atom stereocenters. The first kappa shape index (κ1) is 31.3. The molecule has 254 valence electrons. The number of alkyl carbamates (subject to hydrolysis) is 1. The Labute approximate surface area is 285 Å². The highest BCUT2D eigenvalue weighted by Crippen LogP contribution is 2.49. The van der Waals surface area contributed by atoms with E-state index in [-0.39, 0.29) is 23.9 Å². The van der Waals surface area contributed by atoms with Gasteiger partial charge in [0.05, 0.1) is 43.0 Å². The zero-order chi connectivity index (χ0) is 33.8. The number of carbonyl (C=O) groups is 3. The molecule has 11 heteroatoms. The van der Waals surface area contributed by atoms with Gasteiger partial charge in [-0.25, -0.2) is 14.8 Å². The fourth-order valence-electron chi connectivity index (χ4n) is 8.75. The Morgan fingerprint density at radius 1 is 0.939 bits per heavy atom. The molecule has 2 saturated heterocycles. The number of benzene rings is 2. The molecular formula is C38H43N7O4. The van der Waals surface area contributed by atoms with Gasteiger partial charge in [-0.2, -0.15) is 0 Å². The van der Waals surface area contributed by atoms with E-state index in [1.165, 1.54) is 29.4 Å². The number of carbonyl (C=O) groups excluding carboxylic acids is 3. The molecule has 2 aliphatic carbocycles. The number of aromatic amines is 2. The average Bonchev–Trinajstić information content (AvgIpc) is 3.97. The Bertz CT molecular complexity index is 1910. The molecule has 4 heterocycles. The molecule has 2 bridgehead atoms. The molecule has 0 radical (unpaired) electrons. The molecule has 2 aliphatic heterocycles. The van der Waals surface area contributed by atoms with Gasteiger partial charge in [0.25, 0.3) is 0 Å². The molecular weight excluding hydrogens is 618 g/mol. The highest BCUT2D eigenvalue weighted by atomic mass is 16.5. The van der Waals surface area contributed by atoms with E-state index < -0.39 is 12.1 Å². The fraction of sp³-hybridized carbons (Fsp3) is 0.447. The standard InChI is InChI=1S/C38H43N7O4/c1-21(2)33(43-38(48)49-3)37(47)44-14-4-5-32(44)35-39-18-30(41-35)24-9-12-28-22(15-24)6-7-23-16-25(10-13-29(23)28)31-19-40-36(42-31)34-26-8-11-27(17-26)45(34)20-46/h9-10,12-13,15-16,18-21,26-27,32-34H,4-8,11,14,17H2,1-3H3,(H,39,41)(H,40,42)(H,43,48). The van der Waals surface area contributed by atoms with Gasteiger partial charge >= 0.3 is 6.09 Å². The van der Waals surface area contributed by atoms with Crippen molar-refractivity contribution in [3.8, 4) is 33.6 Å². The molecule has 4 aromatic rings. The van der Waals surface area contributed by atoms with E-state index in [1.54, 1.807) is 0 Å². The molecule has 1 saturated carbocycles. The van der Waals surface area contributed by atoms with Crippen LogP contribution in [0.4, 0.5) is 4.79 Å². The van der Waals surface area contributed by atoms with Gasteiger partial charge in [0.15, 0.2) is 0 Å². The third-order valence-corrected chi connectivity index (χ3v) is 11.3. The van der Waals surface area contributed by atoms with Crippen molar-refractivity contribution >= 4 is 18.4 Å². The Hall–Kier alpha value is -4.93. The number of hydrogen-bond donors (Lipinski definition) is 3. The third-order valence-electron chi connectivity index (χ3n) is 11.3. The lowest BCUT2D eigenvalue weighted by Crippen LogP contribution is -2.51. The molecule has 2 aromatic heterocycles. The van der Waals surface area contributed by atoms with Gasteiger partial charge in [-0.3, -0.25) is 9.59 Å². The summed E-state index contributed by atoms with van der Waals surface area (Å²) in [5.74, 6) is 1.95. The Morgan fingerprint density at radius 3 is 2.22 bits per heavy atom. The van der Waals surface area contributed by atoms with Crippen LogP contribution in [0.1, 0.15) is 80.8 Å². The minimum absolute atomic E-state index is 0.0572. The Kier molecular flexibility index (Phi) is 8.00. The average molecular weight is 662 g/mol. The molecule has 3 amide bonds. The van der Waals surface area contributed by atoms with Crippen LogP contribution >= 0.6 is 0 Å². The van der Waals surface area contributed by atoms with Crippen LogP contribution in [0.25, 0.3) is 33.6 Å². The molecule has 4 aliphatic rings. The highest BCUT2D eigenvalue weighted by molar-refractivity contribution is 5.86. The second kappa shape index (κ2) is 12.5. The van der Waals surface area contributed by atoms with Gasteiger partial charge in [-0.05, 0) is 102 Å². The molecule has 49 heavy (non-hydrogen) atoms. The van der Waals surface area contributed by atoms with Gasteiger partial charge in [0.1, 0.15) is 17.7 Å². The first-order chi connectivity index (χ1) is 23.8. The molecule has 3 fully saturated rings. The number of nitrogens with one attached hydrogen (secondary N) is 3. The van der Waals surface area contributed by atoms with Gasteiger partial charge in [0, 0.05) is 12.6 Å². The van der Waals surface area contributed by atoms with E-state index in [1.807, 2.05) is 36.0 Å². The number of aromatic nitrogens is 4. The summed E-state index contributed by atoms with van der Waals surface area (Å²) in [6.45, 7) is 4.45. The van der Waals surface area contributed by atoms with Crippen LogP contribution in [-0.2, 0) is 27.2 Å². The molecule has 5 unspecified atom stereocenters. The van der Waals surface area contributed by atoms with E-state index >= 15 is 0 Å². The lowest BCUT2D eigenvalue weighted by Gasteiger charge is -2.30. The van der Waals surface area contributed by atoms with Crippen molar-refractivity contribution in [2.75, 3.05) is 13.7 Å². The van der Waals surface area contributed by atoms with Crippen LogP contribution in [0.3, 0.4) is 0 Å². The highest BCUT2D eigenvalue weighted by Gasteiger charge is 2.47. The smallest absolute Gasteiger partial charge is 0.407 e. The number of fused-ring (bicyclic) bond motifs is 5. The summed E-state index contributed by atoms with van der Waals surface area (Å²) in [6, 6.07) is 12.8. The molecule has 8 rings (SSSR count). The van der Waals surface area contributed by atoms with Crippen molar-refractivity contribution in [3.63, 3.8) is 0 Å². The number of H-pyrrole nitrogens is 2. The number of rotatable bonds is 8. The van der Waals surface area contributed by atoms with E-state index in [2.05, 4.69) is 51.7 Å². The van der Waals surface area contributed by atoms with Crippen LogP contribution in [0.2, 0.25) is 0 Å². The van der Waals surface area contributed by atoms with Gasteiger partial charge in [-0.1, -0.05) is 38.1 Å². The number of piperidine rings is 1. The number of amides is 3. The number of methoxy groups -OCH3 is 1. The normalized spacial score (nSPS) is 23.0. The van der Waals surface area contributed by atoms with E-state index in [9.17, 15) is 14.4 Å². The van der Waals surface area contributed by atoms with E-state index in [0.717, 1.165) is 85.5 Å². The van der Waals surface area contributed by atoms with Crippen LogP contribution in [-0.4, -0.2) is 73.9 Å². The number of hydrogen-bond acceptors (Lipinski definition) is 6. The lowest BCUT2D eigenvalue weighted by molar-refractivity contribution is -0.135. The van der Waals surface area contributed by atoms with Gasteiger partial charge in [-0.15, -0.1) is 0 Å². The topological polar surface area (TPSA) is 136 Å². The van der Waals surface area contributed by atoms with Crippen molar-refractivity contribution in [1.82, 2.24) is 35.1 Å². The van der Waals surface area contributed by atoms with Crippen molar-refractivity contribution in [2.45, 2.75) is 83.0 Å². The van der Waals surface area contributed by atoms with E-state index in [4.69, 9.17) is 14.7 Å². The summed E-state index contributed by atoms with van der Waals surface area (Å²) in [6.07, 6.45) is 11.1. The second-order valence-electron chi connectivity index (χ2n) is 14.4. The predicted octanol–water partition coefficient (Wildman–Crippen LogP) is 5.96. The Balaban J connectivity index is 0.993. The lowest BCUT2D eigenvalue weighted by atomic mass is 9.83. The molecule has 3 N–H and O–H groups in total. The largest absolute Gasteiger partial charge is 0.453 e. The number of likely N-dealkylation sites (tertiary alicyclic amines) is 2. The van der Waals surface area contributed by atoms with Crippen LogP contribution in [0.5, 0.6) is 0 Å². The van der Waals surface area contributed by atoms with Crippen molar-refractivity contribution < 1.29 is 19.1 Å². The predicted molar refractivity (Wildman–Crippen MR) is 184 cm³/mol. The maximum atomic E-state index is 13.6. The van der Waals surface area contributed by atoms with Gasteiger partial charge in [0.2, 0.25) is 12.3 Å². The summed E-state index contributed by atoms with van der Waals surface area (Å²) in [7, 11) is 1.30. The summed E-state index contributed by atoms with van der Waals surface area (Å²) in [5.41, 5.74) is 9.21. The third kappa shape index (κ3) is 5.49. The minimum Gasteiger partial charge on any atom is -0.453 e. The number of nitrogens with zero attached hydrogens (tertiary/aromatic N) is 4. The summed E-state index contributed by atoms with van der Waals surface area (Å²) >= 11 is 0. The molecule has 2 aromatic carbocycles. The maximum Gasteiger partial charge on any atom is 0.407 e. The summed E-state index contributed by atoms with van der Waals surface area (Å²) in [4.78, 5) is 57.7. The van der Waals surface area contributed by atoms with Crippen molar-refractivity contribution in [2.24, 2.45) is 11.8 Å². The fourth-order valence-corrected chi connectivity index (χ4v) is 8.75.